The van der Waals surface area contributed by atoms with Crippen LogP contribution < -0.4 is 15.1 Å². The molecule has 0 amide bonds. The zero-order valence-electron chi connectivity index (χ0n) is 16.9. The van der Waals surface area contributed by atoms with Crippen LogP contribution in [-0.2, 0) is 9.53 Å². The molecule has 1 heterocycles. The number of esters is 1. The van der Waals surface area contributed by atoms with E-state index in [4.69, 9.17) is 18.6 Å². The van der Waals surface area contributed by atoms with E-state index in [0.29, 0.717) is 30.1 Å². The SMILES string of the molecule is COc1c(OC/C=C(\C)C[C@H](C=C(C)C)OC(C)=O)ccc2ccc(=O)oc12. The summed E-state index contributed by atoms with van der Waals surface area (Å²) < 4.78 is 21.8. The molecule has 0 unspecified atom stereocenters. The van der Waals surface area contributed by atoms with Crippen molar-refractivity contribution >= 4 is 16.9 Å². The highest BCUT2D eigenvalue weighted by atomic mass is 16.5. The van der Waals surface area contributed by atoms with Gasteiger partial charge in [0.05, 0.1) is 7.11 Å². The summed E-state index contributed by atoms with van der Waals surface area (Å²) in [5, 5.41) is 0.751. The second-order valence-electron chi connectivity index (χ2n) is 6.73. The minimum absolute atomic E-state index is 0.298. The molecule has 0 aliphatic carbocycles. The van der Waals surface area contributed by atoms with Gasteiger partial charge >= 0.3 is 11.6 Å². The van der Waals surface area contributed by atoms with E-state index in [-0.39, 0.29) is 12.1 Å². The summed E-state index contributed by atoms with van der Waals surface area (Å²) in [5.41, 5.74) is 2.01. The first-order chi connectivity index (χ1) is 13.3. The lowest BCUT2D eigenvalue weighted by Crippen LogP contribution is -2.14. The van der Waals surface area contributed by atoms with Crippen molar-refractivity contribution in [1.82, 2.24) is 0 Å². The average molecular weight is 386 g/mol. The Bertz CT molecular complexity index is 947. The number of hydrogen-bond donors (Lipinski definition) is 0. The van der Waals surface area contributed by atoms with Gasteiger partial charge in [-0.15, -0.1) is 0 Å². The van der Waals surface area contributed by atoms with Crippen molar-refractivity contribution in [3.63, 3.8) is 0 Å². The fraction of sp³-hybridized carbons (Fsp3) is 0.364. The summed E-state index contributed by atoms with van der Waals surface area (Å²) in [6, 6.07) is 6.61. The smallest absolute Gasteiger partial charge is 0.336 e. The molecule has 28 heavy (non-hydrogen) atoms. The number of fused-ring (bicyclic) bond motifs is 1. The third kappa shape index (κ3) is 6.01. The van der Waals surface area contributed by atoms with E-state index in [1.807, 2.05) is 32.9 Å². The Balaban J connectivity index is 2.11. The third-order valence-electron chi connectivity index (χ3n) is 3.94. The van der Waals surface area contributed by atoms with Crippen molar-refractivity contribution < 1.29 is 23.4 Å². The van der Waals surface area contributed by atoms with Crippen LogP contribution >= 0.6 is 0 Å². The van der Waals surface area contributed by atoms with Gasteiger partial charge in [0.25, 0.3) is 0 Å². The molecular weight excluding hydrogens is 360 g/mol. The highest BCUT2D eigenvalue weighted by Crippen LogP contribution is 2.34. The maximum absolute atomic E-state index is 11.5. The van der Waals surface area contributed by atoms with Crippen molar-refractivity contribution in [3.05, 3.63) is 58.0 Å². The Kier molecular flexibility index (Phi) is 7.44. The molecule has 0 saturated heterocycles. The maximum atomic E-state index is 11.5. The van der Waals surface area contributed by atoms with Gasteiger partial charge in [0.1, 0.15) is 12.7 Å². The molecule has 0 saturated carbocycles. The predicted octanol–water partition coefficient (Wildman–Crippen LogP) is 4.41. The number of benzene rings is 1. The normalized spacial score (nSPS) is 12.4. The van der Waals surface area contributed by atoms with Crippen molar-refractivity contribution in [2.45, 2.75) is 40.2 Å². The van der Waals surface area contributed by atoms with Gasteiger partial charge in [0.2, 0.25) is 5.75 Å². The summed E-state index contributed by atoms with van der Waals surface area (Å²) in [6.07, 6.45) is 4.12. The number of rotatable bonds is 8. The summed E-state index contributed by atoms with van der Waals surface area (Å²) in [7, 11) is 1.50. The first-order valence-electron chi connectivity index (χ1n) is 9.01. The molecule has 1 aromatic heterocycles. The van der Waals surface area contributed by atoms with Gasteiger partial charge in [-0.25, -0.2) is 4.79 Å². The average Bonchev–Trinajstić information content (AvgIpc) is 2.60. The van der Waals surface area contributed by atoms with Gasteiger partial charge < -0.3 is 18.6 Å². The predicted molar refractivity (Wildman–Crippen MR) is 108 cm³/mol. The van der Waals surface area contributed by atoms with Crippen LogP contribution in [0.1, 0.15) is 34.1 Å². The second kappa shape index (κ2) is 9.78. The van der Waals surface area contributed by atoms with E-state index in [1.165, 1.54) is 20.1 Å². The van der Waals surface area contributed by atoms with Crippen molar-refractivity contribution in [1.29, 1.82) is 0 Å². The lowest BCUT2D eigenvalue weighted by molar-refractivity contribution is -0.144. The molecule has 0 N–H and O–H groups in total. The minimum atomic E-state index is -0.450. The molecule has 2 rings (SSSR count). The van der Waals surface area contributed by atoms with Gasteiger partial charge in [-0.2, -0.15) is 0 Å². The number of ether oxygens (including phenoxy) is 3. The molecule has 150 valence electrons. The minimum Gasteiger partial charge on any atom is -0.490 e. The largest absolute Gasteiger partial charge is 0.490 e. The van der Waals surface area contributed by atoms with Gasteiger partial charge in [0, 0.05) is 24.8 Å². The van der Waals surface area contributed by atoms with E-state index in [1.54, 1.807) is 18.2 Å². The lowest BCUT2D eigenvalue weighted by Gasteiger charge is -2.15. The molecule has 0 spiro atoms. The number of carbonyl (C=O) groups excluding carboxylic acids is 1. The fourth-order valence-corrected chi connectivity index (χ4v) is 2.79. The number of hydrogen-bond acceptors (Lipinski definition) is 6. The third-order valence-corrected chi connectivity index (χ3v) is 3.94. The summed E-state index contributed by atoms with van der Waals surface area (Å²) in [6.45, 7) is 7.58. The van der Waals surface area contributed by atoms with Gasteiger partial charge in [-0.05, 0) is 51.1 Å². The number of allylic oxidation sites excluding steroid dienone is 1. The number of methoxy groups -OCH3 is 1. The van der Waals surface area contributed by atoms with Crippen molar-refractivity contribution in [2.24, 2.45) is 0 Å². The van der Waals surface area contributed by atoms with E-state index in [0.717, 1.165) is 16.5 Å². The summed E-state index contributed by atoms with van der Waals surface area (Å²) >= 11 is 0. The molecule has 0 fully saturated rings. The molecule has 6 heteroatoms. The van der Waals surface area contributed by atoms with Crippen molar-refractivity contribution in [2.75, 3.05) is 13.7 Å². The van der Waals surface area contributed by atoms with Crippen LogP contribution in [-0.4, -0.2) is 25.8 Å². The molecule has 1 aromatic carbocycles. The highest BCUT2D eigenvalue weighted by Gasteiger charge is 2.13. The Morgan fingerprint density at radius 2 is 1.86 bits per heavy atom. The molecule has 0 aliphatic rings. The van der Waals surface area contributed by atoms with Gasteiger partial charge in [-0.1, -0.05) is 11.1 Å². The van der Waals surface area contributed by atoms with E-state index in [9.17, 15) is 9.59 Å². The Labute approximate surface area is 164 Å². The monoisotopic (exact) mass is 386 g/mol. The Hall–Kier alpha value is -3.02. The quantitative estimate of drug-likeness (QED) is 0.380. The first kappa shape index (κ1) is 21.3. The summed E-state index contributed by atoms with van der Waals surface area (Å²) in [4.78, 5) is 22.8. The topological polar surface area (TPSA) is 75.0 Å². The highest BCUT2D eigenvalue weighted by molar-refractivity contribution is 5.85. The molecule has 0 radical (unpaired) electrons. The van der Waals surface area contributed by atoms with Crippen LogP contribution in [0.2, 0.25) is 0 Å². The standard InChI is InChI=1S/C22H26O6/c1-14(2)12-18(27-16(4)23)13-15(3)10-11-26-19-8-6-17-7-9-20(24)28-21(17)22(19)25-5/h6-10,12,18H,11,13H2,1-5H3/b15-10+/t18-/m0/s1. The number of carbonyl (C=O) groups is 1. The van der Waals surface area contributed by atoms with E-state index < -0.39 is 5.63 Å². The fourth-order valence-electron chi connectivity index (χ4n) is 2.79. The van der Waals surface area contributed by atoms with Crippen LogP contribution in [0.15, 0.2) is 56.8 Å². The summed E-state index contributed by atoms with van der Waals surface area (Å²) in [5.74, 6) is 0.548. The first-order valence-corrected chi connectivity index (χ1v) is 9.01. The van der Waals surface area contributed by atoms with Gasteiger partial charge in [0.15, 0.2) is 11.3 Å². The van der Waals surface area contributed by atoms with Crippen LogP contribution in [0.4, 0.5) is 0 Å². The maximum Gasteiger partial charge on any atom is 0.336 e. The molecule has 2 aromatic rings. The van der Waals surface area contributed by atoms with E-state index in [2.05, 4.69) is 0 Å². The lowest BCUT2D eigenvalue weighted by atomic mass is 10.1. The van der Waals surface area contributed by atoms with Crippen LogP contribution in [0.3, 0.4) is 0 Å². The zero-order valence-corrected chi connectivity index (χ0v) is 16.9. The Morgan fingerprint density at radius 3 is 2.50 bits per heavy atom. The molecule has 0 aliphatic heterocycles. The molecular formula is C22H26O6. The van der Waals surface area contributed by atoms with Crippen LogP contribution in [0, 0.1) is 0 Å². The molecule has 6 nitrogen and oxygen atoms in total. The van der Waals surface area contributed by atoms with Crippen molar-refractivity contribution in [3.8, 4) is 11.5 Å². The molecule has 0 bridgehead atoms. The van der Waals surface area contributed by atoms with Gasteiger partial charge in [-0.3, -0.25) is 4.79 Å². The van der Waals surface area contributed by atoms with Crippen LogP contribution in [0.25, 0.3) is 11.0 Å². The van der Waals surface area contributed by atoms with Crippen LogP contribution in [0.5, 0.6) is 11.5 Å². The second-order valence-corrected chi connectivity index (χ2v) is 6.73. The molecule has 1 atom stereocenters. The Morgan fingerprint density at radius 1 is 1.14 bits per heavy atom. The van der Waals surface area contributed by atoms with E-state index >= 15 is 0 Å². The zero-order chi connectivity index (χ0) is 20.7.